The largest absolute Gasteiger partial charge is 0.393 e. The number of hydrogen-bond donors (Lipinski definition) is 1. The van der Waals surface area contributed by atoms with Crippen LogP contribution in [0.3, 0.4) is 0 Å². The normalized spacial score (nSPS) is 10.6. The van der Waals surface area contributed by atoms with E-state index in [-0.39, 0.29) is 0 Å². The van der Waals surface area contributed by atoms with Crippen molar-refractivity contribution in [2.24, 2.45) is 5.73 Å². The van der Waals surface area contributed by atoms with Crippen molar-refractivity contribution in [1.29, 1.82) is 0 Å². The first-order chi connectivity index (χ1) is 7.08. The molecule has 1 aromatic heterocycles. The van der Waals surface area contributed by atoms with E-state index < -0.39 is 0 Å². The second kappa shape index (κ2) is 5.78. The van der Waals surface area contributed by atoms with E-state index in [0.717, 1.165) is 30.9 Å². The zero-order valence-electron chi connectivity index (χ0n) is 9.23. The Bertz CT molecular complexity index is 338. The highest BCUT2D eigenvalue weighted by Crippen LogP contribution is 2.02. The first-order valence-corrected chi connectivity index (χ1v) is 5.38. The van der Waals surface area contributed by atoms with Crippen LogP contribution in [0.25, 0.3) is 0 Å². The average molecular weight is 223 g/mol. The van der Waals surface area contributed by atoms with E-state index in [2.05, 4.69) is 9.88 Å². The van der Waals surface area contributed by atoms with Gasteiger partial charge in [0.2, 0.25) is 0 Å². The maximum Gasteiger partial charge on any atom is 0.0740 e. The predicted molar refractivity (Wildman–Crippen MR) is 66.7 cm³/mol. The number of thiocarbonyl (C=S) groups is 1. The van der Waals surface area contributed by atoms with Crippen molar-refractivity contribution in [3.05, 3.63) is 29.6 Å². The molecule has 0 aliphatic carbocycles. The number of aromatic nitrogens is 1. The lowest BCUT2D eigenvalue weighted by Crippen LogP contribution is -2.23. The molecule has 3 nitrogen and oxygen atoms in total. The molecule has 1 heterocycles. The molecule has 15 heavy (non-hydrogen) atoms. The standard InChI is InChI=1S/C11H17N3S/c1-9-4-3-5-10(13-9)8-14(2)7-6-11(12)15/h3-5H,6-8H2,1-2H3,(H2,12,15). The number of hydrogen-bond acceptors (Lipinski definition) is 3. The summed E-state index contributed by atoms with van der Waals surface area (Å²) in [6.07, 6.45) is 0.762. The summed E-state index contributed by atoms with van der Waals surface area (Å²) in [7, 11) is 2.04. The molecule has 0 unspecified atom stereocenters. The van der Waals surface area contributed by atoms with Crippen LogP contribution in [0.2, 0.25) is 0 Å². The third kappa shape index (κ3) is 4.85. The smallest absolute Gasteiger partial charge is 0.0740 e. The van der Waals surface area contributed by atoms with Gasteiger partial charge in [0.25, 0.3) is 0 Å². The molecule has 0 aliphatic heterocycles. The molecule has 0 aliphatic rings. The summed E-state index contributed by atoms with van der Waals surface area (Å²) in [5.41, 5.74) is 7.58. The summed E-state index contributed by atoms with van der Waals surface area (Å²) in [5.74, 6) is 0. The van der Waals surface area contributed by atoms with Gasteiger partial charge in [0.1, 0.15) is 0 Å². The van der Waals surface area contributed by atoms with Gasteiger partial charge in [0.15, 0.2) is 0 Å². The van der Waals surface area contributed by atoms with Gasteiger partial charge in [-0.15, -0.1) is 0 Å². The predicted octanol–water partition coefficient (Wildman–Crippen LogP) is 1.50. The minimum atomic E-state index is 0.569. The van der Waals surface area contributed by atoms with Crippen molar-refractivity contribution < 1.29 is 0 Å². The SMILES string of the molecule is Cc1cccc(CN(C)CCC(N)=S)n1. The summed E-state index contributed by atoms with van der Waals surface area (Å²) in [5, 5.41) is 0. The van der Waals surface area contributed by atoms with Gasteiger partial charge in [-0.05, 0) is 26.1 Å². The fourth-order valence-electron chi connectivity index (χ4n) is 1.34. The third-order valence-electron chi connectivity index (χ3n) is 2.12. The molecular formula is C11H17N3S. The summed E-state index contributed by atoms with van der Waals surface area (Å²) in [6, 6.07) is 6.06. The molecular weight excluding hydrogens is 206 g/mol. The first-order valence-electron chi connectivity index (χ1n) is 4.97. The highest BCUT2D eigenvalue weighted by molar-refractivity contribution is 7.80. The van der Waals surface area contributed by atoms with Gasteiger partial charge < -0.3 is 10.6 Å². The van der Waals surface area contributed by atoms with Crippen LogP contribution in [-0.2, 0) is 6.54 Å². The summed E-state index contributed by atoms with van der Waals surface area (Å²) < 4.78 is 0. The Morgan fingerprint density at radius 3 is 2.87 bits per heavy atom. The molecule has 0 radical (unpaired) electrons. The lowest BCUT2D eigenvalue weighted by molar-refractivity contribution is 0.333. The van der Waals surface area contributed by atoms with Crippen molar-refractivity contribution in [2.75, 3.05) is 13.6 Å². The summed E-state index contributed by atoms with van der Waals surface area (Å²) >= 11 is 4.83. The highest BCUT2D eigenvalue weighted by Gasteiger charge is 2.02. The van der Waals surface area contributed by atoms with Crippen molar-refractivity contribution in [3.8, 4) is 0 Å². The van der Waals surface area contributed by atoms with E-state index in [0.29, 0.717) is 4.99 Å². The number of nitrogens with zero attached hydrogens (tertiary/aromatic N) is 2. The van der Waals surface area contributed by atoms with Crippen LogP contribution in [0.15, 0.2) is 18.2 Å². The van der Waals surface area contributed by atoms with Crippen molar-refractivity contribution in [3.63, 3.8) is 0 Å². The summed E-state index contributed by atoms with van der Waals surface area (Å²) in [6.45, 7) is 3.72. The van der Waals surface area contributed by atoms with E-state index in [1.807, 2.05) is 32.2 Å². The van der Waals surface area contributed by atoms with E-state index in [9.17, 15) is 0 Å². The molecule has 0 fully saturated rings. The van der Waals surface area contributed by atoms with Gasteiger partial charge in [-0.25, -0.2) is 0 Å². The number of nitrogens with two attached hydrogens (primary N) is 1. The van der Waals surface area contributed by atoms with Gasteiger partial charge in [0, 0.05) is 25.2 Å². The molecule has 0 bridgehead atoms. The number of rotatable bonds is 5. The van der Waals surface area contributed by atoms with Crippen molar-refractivity contribution in [1.82, 2.24) is 9.88 Å². The molecule has 0 atom stereocenters. The second-order valence-corrected chi connectivity index (χ2v) is 4.25. The second-order valence-electron chi connectivity index (χ2n) is 3.72. The van der Waals surface area contributed by atoms with Gasteiger partial charge in [0.05, 0.1) is 10.7 Å². The molecule has 0 amide bonds. The number of pyridine rings is 1. The summed E-state index contributed by atoms with van der Waals surface area (Å²) in [4.78, 5) is 7.17. The zero-order chi connectivity index (χ0) is 11.3. The maximum absolute atomic E-state index is 5.45. The topological polar surface area (TPSA) is 42.1 Å². The van der Waals surface area contributed by atoms with Crippen LogP contribution < -0.4 is 5.73 Å². The molecule has 0 aromatic carbocycles. The minimum absolute atomic E-state index is 0.569. The van der Waals surface area contributed by atoms with Gasteiger partial charge in [-0.3, -0.25) is 4.98 Å². The quantitative estimate of drug-likeness (QED) is 0.768. The van der Waals surface area contributed by atoms with E-state index in [1.165, 1.54) is 0 Å². The highest BCUT2D eigenvalue weighted by atomic mass is 32.1. The van der Waals surface area contributed by atoms with E-state index >= 15 is 0 Å². The average Bonchev–Trinajstić information content (AvgIpc) is 2.15. The van der Waals surface area contributed by atoms with Crippen LogP contribution in [0, 0.1) is 6.92 Å². The molecule has 82 valence electrons. The molecule has 2 N–H and O–H groups in total. The van der Waals surface area contributed by atoms with Crippen LogP contribution >= 0.6 is 12.2 Å². The van der Waals surface area contributed by atoms with Crippen molar-refractivity contribution in [2.45, 2.75) is 19.9 Å². The minimum Gasteiger partial charge on any atom is -0.393 e. The Kier molecular flexibility index (Phi) is 4.65. The maximum atomic E-state index is 5.45. The monoisotopic (exact) mass is 223 g/mol. The molecule has 0 saturated carbocycles. The van der Waals surface area contributed by atoms with Crippen LogP contribution in [0.4, 0.5) is 0 Å². The fourth-order valence-corrected chi connectivity index (χ4v) is 1.44. The van der Waals surface area contributed by atoms with E-state index in [1.54, 1.807) is 0 Å². The fraction of sp³-hybridized carbons (Fsp3) is 0.455. The molecule has 4 heteroatoms. The van der Waals surface area contributed by atoms with Crippen LogP contribution in [0.5, 0.6) is 0 Å². The first kappa shape index (κ1) is 12.1. The molecule has 0 saturated heterocycles. The number of aryl methyl sites for hydroxylation is 1. The zero-order valence-corrected chi connectivity index (χ0v) is 10.0. The Hall–Kier alpha value is -1.00. The molecule has 0 spiro atoms. The molecule has 1 rings (SSSR count). The Balaban J connectivity index is 2.44. The van der Waals surface area contributed by atoms with Gasteiger partial charge >= 0.3 is 0 Å². The lowest BCUT2D eigenvalue weighted by Gasteiger charge is -2.15. The Labute approximate surface area is 96.3 Å². The molecule has 1 aromatic rings. The van der Waals surface area contributed by atoms with Gasteiger partial charge in [-0.2, -0.15) is 0 Å². The third-order valence-corrected chi connectivity index (χ3v) is 2.32. The van der Waals surface area contributed by atoms with E-state index in [4.69, 9.17) is 18.0 Å². The lowest BCUT2D eigenvalue weighted by atomic mass is 10.3. The van der Waals surface area contributed by atoms with Crippen LogP contribution in [0.1, 0.15) is 17.8 Å². The van der Waals surface area contributed by atoms with Crippen LogP contribution in [-0.4, -0.2) is 28.5 Å². The van der Waals surface area contributed by atoms with Crippen molar-refractivity contribution >= 4 is 17.2 Å². The van der Waals surface area contributed by atoms with Gasteiger partial charge in [-0.1, -0.05) is 18.3 Å². The Morgan fingerprint density at radius 1 is 1.53 bits per heavy atom. The Morgan fingerprint density at radius 2 is 2.27 bits per heavy atom.